The first-order valence-electron chi connectivity index (χ1n) is 8.94. The molecule has 2 fully saturated rings. The fourth-order valence-corrected chi connectivity index (χ4v) is 4.59. The lowest BCUT2D eigenvalue weighted by atomic mass is 9.65. The molecule has 0 bridgehead atoms. The lowest BCUT2D eigenvalue weighted by Gasteiger charge is -2.41. The van der Waals surface area contributed by atoms with Gasteiger partial charge in [-0.3, -0.25) is 0 Å². The summed E-state index contributed by atoms with van der Waals surface area (Å²) < 4.78 is 0. The van der Waals surface area contributed by atoms with Crippen LogP contribution in [0.2, 0.25) is 0 Å². The SMILES string of the molecule is CCC1CCCC(C2CCCCC2CNC(C)C)C1. The van der Waals surface area contributed by atoms with Crippen molar-refractivity contribution in [2.45, 2.75) is 84.6 Å². The van der Waals surface area contributed by atoms with Crippen molar-refractivity contribution >= 4 is 0 Å². The van der Waals surface area contributed by atoms with Crippen molar-refractivity contribution < 1.29 is 0 Å². The van der Waals surface area contributed by atoms with E-state index in [9.17, 15) is 0 Å². The summed E-state index contributed by atoms with van der Waals surface area (Å²) in [5.41, 5.74) is 0. The summed E-state index contributed by atoms with van der Waals surface area (Å²) in [6.45, 7) is 8.23. The van der Waals surface area contributed by atoms with Crippen molar-refractivity contribution in [2.75, 3.05) is 6.54 Å². The maximum atomic E-state index is 3.71. The second kappa shape index (κ2) is 7.67. The van der Waals surface area contributed by atoms with Gasteiger partial charge in [0.15, 0.2) is 0 Å². The minimum absolute atomic E-state index is 0.650. The first-order chi connectivity index (χ1) is 9.20. The molecular weight excluding hydrogens is 230 g/mol. The van der Waals surface area contributed by atoms with E-state index < -0.39 is 0 Å². The monoisotopic (exact) mass is 265 g/mol. The Morgan fingerprint density at radius 2 is 1.79 bits per heavy atom. The van der Waals surface area contributed by atoms with E-state index in [1.54, 1.807) is 6.42 Å². The molecule has 1 heteroatoms. The second-order valence-electron chi connectivity index (χ2n) is 7.47. The summed E-state index contributed by atoms with van der Waals surface area (Å²) in [6, 6.07) is 0.650. The van der Waals surface area contributed by atoms with E-state index in [1.807, 2.05) is 0 Å². The molecule has 0 aliphatic heterocycles. The van der Waals surface area contributed by atoms with E-state index in [1.165, 1.54) is 57.9 Å². The minimum Gasteiger partial charge on any atom is -0.314 e. The highest BCUT2D eigenvalue weighted by molar-refractivity contribution is 4.86. The van der Waals surface area contributed by atoms with Gasteiger partial charge in [0, 0.05) is 6.04 Å². The molecule has 0 aromatic carbocycles. The number of hydrogen-bond acceptors (Lipinski definition) is 1. The third-order valence-electron chi connectivity index (χ3n) is 5.76. The van der Waals surface area contributed by atoms with Gasteiger partial charge < -0.3 is 5.32 Å². The van der Waals surface area contributed by atoms with Crippen LogP contribution in [-0.2, 0) is 0 Å². The molecule has 1 nitrogen and oxygen atoms in total. The number of rotatable bonds is 5. The predicted octanol–water partition coefficient (Wildman–Crippen LogP) is 5.01. The van der Waals surface area contributed by atoms with E-state index in [0.717, 1.165) is 23.7 Å². The molecule has 4 atom stereocenters. The molecule has 112 valence electrons. The van der Waals surface area contributed by atoms with Crippen LogP contribution in [0.15, 0.2) is 0 Å². The normalized spacial score (nSPS) is 36.6. The Morgan fingerprint density at radius 3 is 2.53 bits per heavy atom. The molecule has 0 radical (unpaired) electrons. The highest BCUT2D eigenvalue weighted by Gasteiger charge is 2.34. The minimum atomic E-state index is 0.650. The Kier molecular flexibility index (Phi) is 6.19. The van der Waals surface area contributed by atoms with Crippen molar-refractivity contribution in [3.8, 4) is 0 Å². The topological polar surface area (TPSA) is 12.0 Å². The van der Waals surface area contributed by atoms with E-state index in [4.69, 9.17) is 0 Å². The van der Waals surface area contributed by atoms with Crippen molar-refractivity contribution in [3.05, 3.63) is 0 Å². The Labute approximate surface area is 120 Å². The van der Waals surface area contributed by atoms with E-state index in [-0.39, 0.29) is 0 Å². The smallest absolute Gasteiger partial charge is 0.00104 e. The van der Waals surface area contributed by atoms with Gasteiger partial charge in [0.25, 0.3) is 0 Å². The van der Waals surface area contributed by atoms with Crippen LogP contribution in [0.3, 0.4) is 0 Å². The summed E-state index contributed by atoms with van der Waals surface area (Å²) in [5.74, 6) is 4.10. The highest BCUT2D eigenvalue weighted by Crippen LogP contribution is 2.43. The van der Waals surface area contributed by atoms with Gasteiger partial charge in [-0.1, -0.05) is 59.3 Å². The largest absolute Gasteiger partial charge is 0.314 e. The molecular formula is C18H35N. The van der Waals surface area contributed by atoms with E-state index >= 15 is 0 Å². The molecule has 0 aromatic heterocycles. The van der Waals surface area contributed by atoms with Gasteiger partial charge >= 0.3 is 0 Å². The highest BCUT2D eigenvalue weighted by atomic mass is 14.9. The zero-order valence-corrected chi connectivity index (χ0v) is 13.5. The molecule has 2 aliphatic carbocycles. The molecule has 0 saturated heterocycles. The van der Waals surface area contributed by atoms with Crippen LogP contribution in [0.5, 0.6) is 0 Å². The van der Waals surface area contributed by atoms with Crippen LogP contribution in [0.1, 0.15) is 78.6 Å². The fraction of sp³-hybridized carbons (Fsp3) is 1.00. The Bertz CT molecular complexity index is 248. The van der Waals surface area contributed by atoms with Crippen molar-refractivity contribution in [2.24, 2.45) is 23.7 Å². The maximum absolute atomic E-state index is 3.71. The first-order valence-corrected chi connectivity index (χ1v) is 8.94. The number of nitrogens with one attached hydrogen (secondary N) is 1. The van der Waals surface area contributed by atoms with Crippen molar-refractivity contribution in [1.82, 2.24) is 5.32 Å². The van der Waals surface area contributed by atoms with Crippen LogP contribution < -0.4 is 5.32 Å². The van der Waals surface area contributed by atoms with Crippen LogP contribution in [0.4, 0.5) is 0 Å². The Hall–Kier alpha value is -0.0400. The van der Waals surface area contributed by atoms with Gasteiger partial charge in [0.2, 0.25) is 0 Å². The lowest BCUT2D eigenvalue weighted by molar-refractivity contribution is 0.103. The second-order valence-corrected chi connectivity index (χ2v) is 7.47. The molecule has 0 spiro atoms. The van der Waals surface area contributed by atoms with Crippen molar-refractivity contribution in [3.63, 3.8) is 0 Å². The van der Waals surface area contributed by atoms with Gasteiger partial charge in [0.1, 0.15) is 0 Å². The summed E-state index contributed by atoms with van der Waals surface area (Å²) in [7, 11) is 0. The first kappa shape index (κ1) is 15.4. The molecule has 2 saturated carbocycles. The van der Waals surface area contributed by atoms with Gasteiger partial charge in [-0.15, -0.1) is 0 Å². The van der Waals surface area contributed by atoms with Gasteiger partial charge in [0.05, 0.1) is 0 Å². The average Bonchev–Trinajstić information content (AvgIpc) is 2.45. The Morgan fingerprint density at radius 1 is 1.00 bits per heavy atom. The molecule has 4 unspecified atom stereocenters. The summed E-state index contributed by atoms with van der Waals surface area (Å²) >= 11 is 0. The van der Waals surface area contributed by atoms with E-state index in [2.05, 4.69) is 26.1 Å². The lowest BCUT2D eigenvalue weighted by Crippen LogP contribution is -2.38. The molecule has 1 N–H and O–H groups in total. The molecule has 19 heavy (non-hydrogen) atoms. The zero-order chi connectivity index (χ0) is 13.7. The zero-order valence-electron chi connectivity index (χ0n) is 13.5. The summed E-state index contributed by atoms with van der Waals surface area (Å²) in [4.78, 5) is 0. The van der Waals surface area contributed by atoms with Crippen LogP contribution in [-0.4, -0.2) is 12.6 Å². The molecule has 0 amide bonds. The predicted molar refractivity (Wildman–Crippen MR) is 84.3 cm³/mol. The van der Waals surface area contributed by atoms with Gasteiger partial charge in [-0.25, -0.2) is 0 Å². The van der Waals surface area contributed by atoms with Crippen LogP contribution in [0, 0.1) is 23.7 Å². The Balaban J connectivity index is 1.90. The standard InChI is InChI=1S/C18H35N/c1-4-15-8-7-10-16(12-15)18-11-6-5-9-17(18)13-19-14(2)3/h14-19H,4-13H2,1-3H3. The quantitative estimate of drug-likeness (QED) is 0.737. The summed E-state index contributed by atoms with van der Waals surface area (Å²) in [5, 5.41) is 3.71. The van der Waals surface area contributed by atoms with Gasteiger partial charge in [-0.2, -0.15) is 0 Å². The summed E-state index contributed by atoms with van der Waals surface area (Å²) in [6.07, 6.45) is 13.5. The number of hydrogen-bond donors (Lipinski definition) is 1. The third kappa shape index (κ3) is 4.48. The van der Waals surface area contributed by atoms with Gasteiger partial charge in [-0.05, 0) is 49.5 Å². The molecule has 0 aromatic rings. The molecule has 2 aliphatic rings. The van der Waals surface area contributed by atoms with E-state index in [0.29, 0.717) is 6.04 Å². The maximum Gasteiger partial charge on any atom is 0.00104 e. The van der Waals surface area contributed by atoms with Crippen LogP contribution in [0.25, 0.3) is 0 Å². The van der Waals surface area contributed by atoms with Crippen LogP contribution >= 0.6 is 0 Å². The molecule has 0 heterocycles. The fourth-order valence-electron chi connectivity index (χ4n) is 4.59. The average molecular weight is 265 g/mol. The van der Waals surface area contributed by atoms with Crippen molar-refractivity contribution in [1.29, 1.82) is 0 Å². The molecule has 2 rings (SSSR count). The third-order valence-corrected chi connectivity index (χ3v) is 5.76.